The Balaban J connectivity index is 1.53. The molecule has 0 radical (unpaired) electrons. The minimum absolute atomic E-state index is 0.555. The third-order valence-electron chi connectivity index (χ3n) is 6.18. The summed E-state index contributed by atoms with van der Waals surface area (Å²) in [4.78, 5) is 2.66. The fraction of sp³-hybridized carbons (Fsp3) is 1.00. The lowest BCUT2D eigenvalue weighted by Crippen LogP contribution is -2.47. The van der Waals surface area contributed by atoms with E-state index in [1.54, 1.807) is 0 Å². The summed E-state index contributed by atoms with van der Waals surface area (Å²) < 4.78 is 5.83. The average Bonchev–Trinajstić information content (AvgIpc) is 3.05. The zero-order chi connectivity index (χ0) is 14.7. The van der Waals surface area contributed by atoms with Crippen molar-refractivity contribution in [2.24, 2.45) is 5.92 Å². The second-order valence-corrected chi connectivity index (χ2v) is 7.55. The van der Waals surface area contributed by atoms with Crippen molar-refractivity contribution >= 4 is 0 Å². The highest BCUT2D eigenvalue weighted by Crippen LogP contribution is 2.39. The molecular weight excluding hydrogens is 260 g/mol. The van der Waals surface area contributed by atoms with Crippen LogP contribution >= 0.6 is 0 Å². The van der Waals surface area contributed by atoms with Crippen LogP contribution in [0.25, 0.3) is 0 Å². The van der Waals surface area contributed by atoms with Crippen molar-refractivity contribution in [2.45, 2.75) is 88.9 Å². The Bertz CT molecular complexity index is 302. The maximum Gasteiger partial charge on any atom is 0.0576 e. The van der Waals surface area contributed by atoms with Crippen molar-refractivity contribution in [3.05, 3.63) is 0 Å². The summed E-state index contributed by atoms with van der Waals surface area (Å²) in [5.74, 6) is 0.895. The van der Waals surface area contributed by atoms with Gasteiger partial charge < -0.3 is 15.0 Å². The smallest absolute Gasteiger partial charge is 0.0576 e. The number of fused-ring (bicyclic) bond motifs is 2. The summed E-state index contributed by atoms with van der Waals surface area (Å²) in [6.45, 7) is 4.45. The molecule has 3 aliphatic heterocycles. The molecule has 122 valence electrons. The number of nitrogens with zero attached hydrogens (tertiary/aromatic N) is 1. The third-order valence-corrected chi connectivity index (χ3v) is 6.18. The summed E-state index contributed by atoms with van der Waals surface area (Å²) in [5, 5.41) is 3.87. The lowest BCUT2D eigenvalue weighted by molar-refractivity contribution is 0.0832. The van der Waals surface area contributed by atoms with Crippen molar-refractivity contribution in [3.63, 3.8) is 0 Å². The van der Waals surface area contributed by atoms with Crippen LogP contribution in [0.4, 0.5) is 0 Å². The summed E-state index contributed by atoms with van der Waals surface area (Å²) >= 11 is 0. The van der Waals surface area contributed by atoms with E-state index in [2.05, 4.69) is 24.2 Å². The second-order valence-electron chi connectivity index (χ2n) is 7.55. The fourth-order valence-electron chi connectivity index (χ4n) is 4.85. The molecule has 3 nitrogen and oxygen atoms in total. The van der Waals surface area contributed by atoms with E-state index in [0.29, 0.717) is 6.10 Å². The molecule has 4 atom stereocenters. The van der Waals surface area contributed by atoms with Gasteiger partial charge >= 0.3 is 0 Å². The van der Waals surface area contributed by atoms with Gasteiger partial charge in [-0.25, -0.2) is 0 Å². The molecule has 1 N–H and O–H groups in total. The number of nitrogens with one attached hydrogen (secondary N) is 1. The minimum atomic E-state index is 0.555. The van der Waals surface area contributed by atoms with Gasteiger partial charge in [-0.1, -0.05) is 6.92 Å². The molecule has 3 fully saturated rings. The molecule has 2 bridgehead atoms. The Hall–Kier alpha value is -0.120. The standard InChI is InChI=1S/C18H34N2O/c1-3-10-19-18(9-8-17-5-4-11-21-17)14-12-15-6-7-16(13-14)20(15)2/h14-19H,3-13H2,1-2H3. The van der Waals surface area contributed by atoms with Crippen molar-refractivity contribution in [1.82, 2.24) is 10.2 Å². The molecule has 0 aliphatic carbocycles. The Labute approximate surface area is 130 Å². The Morgan fingerprint density at radius 2 is 1.95 bits per heavy atom. The van der Waals surface area contributed by atoms with Crippen LogP contribution in [0.1, 0.15) is 64.7 Å². The van der Waals surface area contributed by atoms with E-state index in [1.165, 1.54) is 64.3 Å². The number of piperidine rings is 1. The van der Waals surface area contributed by atoms with Gasteiger partial charge in [0.15, 0.2) is 0 Å². The molecule has 0 amide bonds. The number of hydrogen-bond donors (Lipinski definition) is 1. The van der Waals surface area contributed by atoms with Crippen LogP contribution in [0.3, 0.4) is 0 Å². The normalized spacial score (nSPS) is 38.0. The highest BCUT2D eigenvalue weighted by molar-refractivity contribution is 4.96. The molecule has 0 saturated carbocycles. The van der Waals surface area contributed by atoms with E-state index in [9.17, 15) is 0 Å². The van der Waals surface area contributed by atoms with Gasteiger partial charge in [0.05, 0.1) is 6.10 Å². The highest BCUT2D eigenvalue weighted by atomic mass is 16.5. The van der Waals surface area contributed by atoms with Crippen LogP contribution in [0, 0.1) is 5.92 Å². The molecular formula is C18H34N2O. The van der Waals surface area contributed by atoms with Crippen molar-refractivity contribution in [1.29, 1.82) is 0 Å². The minimum Gasteiger partial charge on any atom is -0.378 e. The van der Waals surface area contributed by atoms with E-state index in [4.69, 9.17) is 4.74 Å². The van der Waals surface area contributed by atoms with Gasteiger partial charge in [0.1, 0.15) is 0 Å². The Morgan fingerprint density at radius 1 is 1.19 bits per heavy atom. The van der Waals surface area contributed by atoms with E-state index in [1.807, 2.05) is 0 Å². The van der Waals surface area contributed by atoms with Gasteiger partial charge in [-0.3, -0.25) is 0 Å². The van der Waals surface area contributed by atoms with Gasteiger partial charge in [-0.05, 0) is 77.3 Å². The van der Waals surface area contributed by atoms with Crippen LogP contribution in [-0.4, -0.2) is 49.3 Å². The van der Waals surface area contributed by atoms with Crippen molar-refractivity contribution in [3.8, 4) is 0 Å². The molecule has 21 heavy (non-hydrogen) atoms. The predicted octanol–water partition coefficient (Wildman–Crippen LogP) is 3.19. The fourth-order valence-corrected chi connectivity index (χ4v) is 4.85. The van der Waals surface area contributed by atoms with E-state index in [-0.39, 0.29) is 0 Å². The molecule has 0 aromatic carbocycles. The van der Waals surface area contributed by atoms with Crippen molar-refractivity contribution in [2.75, 3.05) is 20.2 Å². The van der Waals surface area contributed by atoms with Crippen LogP contribution in [0.5, 0.6) is 0 Å². The molecule has 4 unspecified atom stereocenters. The first-order valence-corrected chi connectivity index (χ1v) is 9.34. The number of hydrogen-bond acceptors (Lipinski definition) is 3. The predicted molar refractivity (Wildman–Crippen MR) is 87.6 cm³/mol. The second kappa shape index (κ2) is 7.43. The number of rotatable bonds is 7. The Kier molecular flexibility index (Phi) is 5.58. The molecule has 3 rings (SSSR count). The molecule has 3 heterocycles. The summed E-state index contributed by atoms with van der Waals surface area (Å²) in [7, 11) is 2.35. The molecule has 3 heteroatoms. The SMILES string of the molecule is CCCNC(CCC1CCCO1)C1CC2CCC(C1)N2C. The third kappa shape index (κ3) is 3.80. The lowest BCUT2D eigenvalue weighted by atomic mass is 9.82. The van der Waals surface area contributed by atoms with E-state index >= 15 is 0 Å². The molecule has 3 aliphatic rings. The summed E-state index contributed by atoms with van der Waals surface area (Å²) in [6.07, 6.45) is 12.7. The molecule has 0 spiro atoms. The zero-order valence-corrected chi connectivity index (χ0v) is 14.0. The lowest BCUT2D eigenvalue weighted by Gasteiger charge is -2.40. The van der Waals surface area contributed by atoms with Gasteiger partial charge in [0.25, 0.3) is 0 Å². The van der Waals surface area contributed by atoms with Crippen LogP contribution < -0.4 is 5.32 Å². The molecule has 3 saturated heterocycles. The van der Waals surface area contributed by atoms with Crippen LogP contribution in [0.15, 0.2) is 0 Å². The van der Waals surface area contributed by atoms with Crippen molar-refractivity contribution < 1.29 is 4.74 Å². The van der Waals surface area contributed by atoms with Gasteiger partial charge in [0, 0.05) is 24.7 Å². The first kappa shape index (κ1) is 15.8. The highest BCUT2D eigenvalue weighted by Gasteiger charge is 2.40. The quantitative estimate of drug-likeness (QED) is 0.780. The number of ether oxygens (including phenoxy) is 1. The maximum absolute atomic E-state index is 5.83. The maximum atomic E-state index is 5.83. The summed E-state index contributed by atoms with van der Waals surface area (Å²) in [5.41, 5.74) is 0. The summed E-state index contributed by atoms with van der Waals surface area (Å²) in [6, 6.07) is 2.45. The Morgan fingerprint density at radius 3 is 2.57 bits per heavy atom. The molecule has 0 aromatic heterocycles. The van der Waals surface area contributed by atoms with Gasteiger partial charge in [-0.15, -0.1) is 0 Å². The van der Waals surface area contributed by atoms with Crippen LogP contribution in [-0.2, 0) is 4.74 Å². The largest absolute Gasteiger partial charge is 0.378 e. The topological polar surface area (TPSA) is 24.5 Å². The first-order valence-electron chi connectivity index (χ1n) is 9.34. The van der Waals surface area contributed by atoms with E-state index < -0.39 is 0 Å². The van der Waals surface area contributed by atoms with Gasteiger partial charge in [-0.2, -0.15) is 0 Å². The monoisotopic (exact) mass is 294 g/mol. The average molecular weight is 294 g/mol. The molecule has 0 aromatic rings. The first-order chi connectivity index (χ1) is 10.3. The van der Waals surface area contributed by atoms with E-state index in [0.717, 1.165) is 30.7 Å². The van der Waals surface area contributed by atoms with Crippen LogP contribution in [0.2, 0.25) is 0 Å². The zero-order valence-electron chi connectivity index (χ0n) is 14.0. The van der Waals surface area contributed by atoms with Gasteiger partial charge in [0.2, 0.25) is 0 Å².